The number of nitrogens with zero attached hydrogens (tertiary/aromatic N) is 1. The van der Waals surface area contributed by atoms with Gasteiger partial charge in [-0.2, -0.15) is 0 Å². The number of nitrogens with one attached hydrogen (secondary N) is 1. The van der Waals surface area contributed by atoms with Crippen LogP contribution in [0.3, 0.4) is 0 Å². The molecule has 1 atom stereocenters. The molecule has 0 radical (unpaired) electrons. The highest BCUT2D eigenvalue weighted by atomic mass is 35.5. The van der Waals surface area contributed by atoms with Crippen molar-refractivity contribution < 1.29 is 18.8 Å². The van der Waals surface area contributed by atoms with Gasteiger partial charge >= 0.3 is 5.97 Å². The molecular formula is C15H15ClN2O4. The minimum atomic E-state index is -0.943. The molecule has 0 aliphatic heterocycles. The summed E-state index contributed by atoms with van der Waals surface area (Å²) < 4.78 is 9.85. The zero-order valence-electron chi connectivity index (χ0n) is 12.1. The van der Waals surface area contributed by atoms with Crippen molar-refractivity contribution in [3.05, 3.63) is 52.4 Å². The van der Waals surface area contributed by atoms with E-state index in [4.69, 9.17) is 20.9 Å². The Morgan fingerprint density at radius 2 is 2.05 bits per heavy atom. The number of hydrogen-bond donors (Lipinski definition) is 1. The quantitative estimate of drug-likeness (QED) is 0.856. The van der Waals surface area contributed by atoms with E-state index in [0.29, 0.717) is 16.3 Å². The van der Waals surface area contributed by atoms with Gasteiger partial charge in [0.1, 0.15) is 5.76 Å². The second-order valence-corrected chi connectivity index (χ2v) is 4.97. The molecule has 1 heterocycles. The summed E-state index contributed by atoms with van der Waals surface area (Å²) >= 11 is 5.84. The molecule has 0 aliphatic rings. The van der Waals surface area contributed by atoms with Crippen LogP contribution in [0.15, 0.2) is 34.9 Å². The number of rotatable bonds is 5. The van der Waals surface area contributed by atoms with Gasteiger partial charge in [-0.05, 0) is 31.5 Å². The maximum absolute atomic E-state index is 12.1. The molecule has 1 aromatic heterocycles. The van der Waals surface area contributed by atoms with E-state index in [1.807, 2.05) is 0 Å². The van der Waals surface area contributed by atoms with E-state index < -0.39 is 17.9 Å². The third-order valence-electron chi connectivity index (χ3n) is 2.86. The monoisotopic (exact) mass is 322 g/mol. The van der Waals surface area contributed by atoms with E-state index in [1.165, 1.54) is 6.07 Å². The van der Waals surface area contributed by atoms with Crippen molar-refractivity contribution in [2.24, 2.45) is 0 Å². The largest absolute Gasteiger partial charge is 0.464 e. The lowest BCUT2D eigenvalue weighted by Gasteiger charge is -2.17. The van der Waals surface area contributed by atoms with Crippen LogP contribution in [-0.2, 0) is 9.53 Å². The van der Waals surface area contributed by atoms with Crippen molar-refractivity contribution in [1.29, 1.82) is 0 Å². The van der Waals surface area contributed by atoms with Crippen LogP contribution in [0.25, 0.3) is 0 Å². The first-order valence-electron chi connectivity index (χ1n) is 6.67. The van der Waals surface area contributed by atoms with Crippen molar-refractivity contribution in [3.8, 4) is 0 Å². The summed E-state index contributed by atoms with van der Waals surface area (Å²) in [5.74, 6) is -0.576. The third-order valence-corrected chi connectivity index (χ3v) is 3.11. The number of carbonyl (C=O) groups is 2. The molecule has 1 amide bonds. The molecule has 22 heavy (non-hydrogen) atoms. The molecular weight excluding hydrogens is 308 g/mol. The predicted octanol–water partition coefficient (Wildman–Crippen LogP) is 2.67. The lowest BCUT2D eigenvalue weighted by atomic mass is 10.1. The number of carbonyl (C=O) groups excluding carboxylic acids is 2. The second kappa shape index (κ2) is 7.09. The molecule has 0 spiro atoms. The van der Waals surface area contributed by atoms with Crippen LogP contribution in [0.2, 0.25) is 5.02 Å². The zero-order chi connectivity index (χ0) is 16.1. The number of benzene rings is 1. The highest BCUT2D eigenvalue weighted by molar-refractivity contribution is 6.30. The highest BCUT2D eigenvalue weighted by Crippen LogP contribution is 2.18. The smallest absolute Gasteiger partial charge is 0.333 e. The van der Waals surface area contributed by atoms with E-state index in [-0.39, 0.29) is 12.3 Å². The van der Waals surface area contributed by atoms with Crippen LogP contribution in [0, 0.1) is 6.92 Å². The fourth-order valence-electron chi connectivity index (χ4n) is 1.84. The number of hydrogen-bond acceptors (Lipinski definition) is 5. The molecule has 1 N–H and O–H groups in total. The second-order valence-electron chi connectivity index (χ2n) is 4.53. The average molecular weight is 323 g/mol. The molecule has 1 unspecified atom stereocenters. The van der Waals surface area contributed by atoms with Crippen molar-refractivity contribution in [2.45, 2.75) is 19.9 Å². The summed E-state index contributed by atoms with van der Waals surface area (Å²) in [4.78, 5) is 24.2. The molecule has 6 nitrogen and oxygen atoms in total. The van der Waals surface area contributed by atoms with Gasteiger partial charge < -0.3 is 14.6 Å². The number of halogens is 1. The maximum atomic E-state index is 12.1. The minimum Gasteiger partial charge on any atom is -0.464 e. The number of aromatic nitrogens is 1. The van der Waals surface area contributed by atoms with E-state index in [0.717, 1.165) is 0 Å². The van der Waals surface area contributed by atoms with Crippen LogP contribution < -0.4 is 5.32 Å². The standard InChI is InChI=1S/C15H15ClN2O4/c1-3-21-15(20)13(10-4-6-11(16)7-5-10)17-14(19)12-8-9(2)22-18-12/h4-8,13H,3H2,1-2H3,(H,17,19). The summed E-state index contributed by atoms with van der Waals surface area (Å²) in [6.45, 7) is 3.58. The highest BCUT2D eigenvalue weighted by Gasteiger charge is 2.25. The van der Waals surface area contributed by atoms with Gasteiger partial charge in [-0.3, -0.25) is 4.79 Å². The van der Waals surface area contributed by atoms with E-state index in [1.54, 1.807) is 38.1 Å². The van der Waals surface area contributed by atoms with Gasteiger partial charge in [-0.1, -0.05) is 28.9 Å². The minimum absolute atomic E-state index is 0.0979. The van der Waals surface area contributed by atoms with Gasteiger partial charge in [0.05, 0.1) is 6.61 Å². The number of esters is 1. The van der Waals surface area contributed by atoms with Crippen LogP contribution in [0.1, 0.15) is 34.8 Å². The van der Waals surface area contributed by atoms with Gasteiger partial charge in [0, 0.05) is 11.1 Å². The van der Waals surface area contributed by atoms with Gasteiger partial charge in [-0.15, -0.1) is 0 Å². The fraction of sp³-hybridized carbons (Fsp3) is 0.267. The van der Waals surface area contributed by atoms with Crippen molar-refractivity contribution in [2.75, 3.05) is 6.61 Å². The van der Waals surface area contributed by atoms with Crippen LogP contribution in [0.5, 0.6) is 0 Å². The van der Waals surface area contributed by atoms with Gasteiger partial charge in [0.25, 0.3) is 5.91 Å². The predicted molar refractivity (Wildman–Crippen MR) is 79.5 cm³/mol. The fourth-order valence-corrected chi connectivity index (χ4v) is 1.96. The summed E-state index contributed by atoms with van der Waals surface area (Å²) in [6.07, 6.45) is 0. The summed E-state index contributed by atoms with van der Waals surface area (Å²) in [5, 5.41) is 6.74. The molecule has 2 aromatic rings. The Morgan fingerprint density at radius 1 is 1.36 bits per heavy atom. The molecule has 7 heteroatoms. The maximum Gasteiger partial charge on any atom is 0.333 e. The first kappa shape index (κ1) is 16.0. The summed E-state index contributed by atoms with van der Waals surface area (Å²) in [5.41, 5.74) is 0.664. The number of amides is 1. The van der Waals surface area contributed by atoms with E-state index in [2.05, 4.69) is 10.5 Å². The molecule has 2 rings (SSSR count). The molecule has 1 aromatic carbocycles. The van der Waals surface area contributed by atoms with E-state index >= 15 is 0 Å². The Morgan fingerprint density at radius 3 is 2.59 bits per heavy atom. The topological polar surface area (TPSA) is 81.4 Å². The molecule has 0 bridgehead atoms. The first-order chi connectivity index (χ1) is 10.5. The number of aryl methyl sites for hydroxylation is 1. The number of ether oxygens (including phenoxy) is 1. The third kappa shape index (κ3) is 3.85. The lowest BCUT2D eigenvalue weighted by Crippen LogP contribution is -2.35. The van der Waals surface area contributed by atoms with Crippen molar-refractivity contribution in [3.63, 3.8) is 0 Å². The van der Waals surface area contributed by atoms with Gasteiger partial charge in [0.15, 0.2) is 11.7 Å². The first-order valence-corrected chi connectivity index (χ1v) is 7.05. The molecule has 0 saturated heterocycles. The average Bonchev–Trinajstić information content (AvgIpc) is 2.92. The Labute approximate surface area is 132 Å². The summed E-state index contributed by atoms with van der Waals surface area (Å²) in [7, 11) is 0. The Hall–Kier alpha value is -2.34. The Kier molecular flexibility index (Phi) is 5.16. The lowest BCUT2D eigenvalue weighted by molar-refractivity contribution is -0.145. The molecule has 0 fully saturated rings. The van der Waals surface area contributed by atoms with Crippen molar-refractivity contribution >= 4 is 23.5 Å². The Balaban J connectivity index is 2.22. The van der Waals surface area contributed by atoms with Crippen LogP contribution in [0.4, 0.5) is 0 Å². The SMILES string of the molecule is CCOC(=O)C(NC(=O)c1cc(C)on1)c1ccc(Cl)cc1. The molecule has 0 aliphatic carbocycles. The normalized spacial score (nSPS) is 11.8. The zero-order valence-corrected chi connectivity index (χ0v) is 12.9. The van der Waals surface area contributed by atoms with Crippen molar-refractivity contribution in [1.82, 2.24) is 10.5 Å². The van der Waals surface area contributed by atoms with Gasteiger partial charge in [-0.25, -0.2) is 4.79 Å². The summed E-state index contributed by atoms with van der Waals surface area (Å²) in [6, 6.07) is 7.11. The molecule has 116 valence electrons. The van der Waals surface area contributed by atoms with Crippen LogP contribution in [-0.4, -0.2) is 23.6 Å². The molecule has 0 saturated carbocycles. The van der Waals surface area contributed by atoms with E-state index in [9.17, 15) is 9.59 Å². The Bertz CT molecular complexity index is 666. The van der Waals surface area contributed by atoms with Gasteiger partial charge in [0.2, 0.25) is 0 Å². The van der Waals surface area contributed by atoms with Crippen LogP contribution >= 0.6 is 11.6 Å².